The molecule has 1 aliphatic rings. The van der Waals surface area contributed by atoms with Gasteiger partial charge in [-0.25, -0.2) is 4.98 Å². The van der Waals surface area contributed by atoms with Crippen LogP contribution in [0.5, 0.6) is 5.75 Å². The summed E-state index contributed by atoms with van der Waals surface area (Å²) in [6, 6.07) is 19.4. The molecular formula is C24H26N2O. The number of benzene rings is 2. The van der Waals surface area contributed by atoms with Gasteiger partial charge in [-0.15, -0.1) is 0 Å². The maximum Gasteiger partial charge on any atom is 0.128 e. The molecule has 1 unspecified atom stereocenters. The predicted molar refractivity (Wildman–Crippen MR) is 113 cm³/mol. The summed E-state index contributed by atoms with van der Waals surface area (Å²) in [4.78, 5) is 7.04. The summed E-state index contributed by atoms with van der Waals surface area (Å²) < 4.78 is 5.40. The third kappa shape index (κ3) is 3.97. The molecular weight excluding hydrogens is 332 g/mol. The van der Waals surface area contributed by atoms with Gasteiger partial charge in [0.15, 0.2) is 0 Å². The van der Waals surface area contributed by atoms with Crippen LogP contribution >= 0.6 is 0 Å². The molecule has 1 aromatic heterocycles. The van der Waals surface area contributed by atoms with Gasteiger partial charge in [0.1, 0.15) is 11.6 Å². The molecule has 1 saturated heterocycles. The van der Waals surface area contributed by atoms with Gasteiger partial charge >= 0.3 is 0 Å². The minimum atomic E-state index is 0.523. The van der Waals surface area contributed by atoms with Crippen molar-refractivity contribution in [2.24, 2.45) is 0 Å². The lowest BCUT2D eigenvalue weighted by atomic mass is 9.98. The van der Waals surface area contributed by atoms with Gasteiger partial charge in [-0.3, -0.25) is 0 Å². The quantitative estimate of drug-likeness (QED) is 0.584. The Morgan fingerprint density at radius 3 is 2.93 bits per heavy atom. The first kappa shape index (κ1) is 17.6. The Bertz CT molecular complexity index is 920. The van der Waals surface area contributed by atoms with Crippen LogP contribution in [0, 0.1) is 0 Å². The van der Waals surface area contributed by atoms with Gasteiger partial charge in [-0.1, -0.05) is 42.5 Å². The van der Waals surface area contributed by atoms with Gasteiger partial charge in [-0.05, 0) is 66.3 Å². The van der Waals surface area contributed by atoms with Crippen LogP contribution in [0.4, 0.5) is 5.82 Å². The first-order valence-corrected chi connectivity index (χ1v) is 9.76. The molecule has 138 valence electrons. The number of methoxy groups -OCH3 is 1. The highest BCUT2D eigenvalue weighted by atomic mass is 16.5. The van der Waals surface area contributed by atoms with E-state index in [2.05, 4.69) is 64.5 Å². The van der Waals surface area contributed by atoms with E-state index in [-0.39, 0.29) is 0 Å². The number of hydrogen-bond acceptors (Lipinski definition) is 3. The number of hydrogen-bond donors (Lipinski definition) is 0. The average molecular weight is 358 g/mol. The minimum Gasteiger partial charge on any atom is -0.497 e. The first-order chi connectivity index (χ1) is 13.3. The van der Waals surface area contributed by atoms with E-state index in [1.165, 1.54) is 35.6 Å². The van der Waals surface area contributed by atoms with Crippen molar-refractivity contribution in [2.75, 3.05) is 18.6 Å². The second kappa shape index (κ2) is 8.26. The van der Waals surface area contributed by atoms with Gasteiger partial charge < -0.3 is 9.64 Å². The Labute approximate surface area is 161 Å². The van der Waals surface area contributed by atoms with Crippen LogP contribution in [-0.2, 0) is 0 Å². The number of ether oxygens (including phenoxy) is 1. The van der Waals surface area contributed by atoms with Gasteiger partial charge in [0, 0.05) is 18.8 Å². The summed E-state index contributed by atoms with van der Waals surface area (Å²) in [5.41, 5.74) is 1.24. The Morgan fingerprint density at radius 1 is 1.11 bits per heavy atom. The smallest absolute Gasteiger partial charge is 0.128 e. The fraction of sp³-hybridized carbons (Fsp3) is 0.292. The molecule has 0 bridgehead atoms. The Hall–Kier alpha value is -2.81. The topological polar surface area (TPSA) is 25.4 Å². The molecule has 2 heterocycles. The summed E-state index contributed by atoms with van der Waals surface area (Å²) in [5, 5.41) is 2.48. The highest BCUT2D eigenvalue weighted by Gasteiger charge is 2.22. The zero-order valence-corrected chi connectivity index (χ0v) is 15.8. The molecule has 3 heteroatoms. The lowest BCUT2D eigenvalue weighted by Gasteiger charge is -2.36. The Morgan fingerprint density at radius 2 is 2.07 bits per heavy atom. The highest BCUT2D eigenvalue weighted by Crippen LogP contribution is 2.27. The first-order valence-electron chi connectivity index (χ1n) is 9.76. The second-order valence-electron chi connectivity index (χ2n) is 7.10. The monoisotopic (exact) mass is 358 g/mol. The van der Waals surface area contributed by atoms with Crippen molar-refractivity contribution in [3.63, 3.8) is 0 Å². The fourth-order valence-electron chi connectivity index (χ4n) is 3.97. The van der Waals surface area contributed by atoms with Crippen molar-refractivity contribution in [1.82, 2.24) is 4.98 Å². The zero-order valence-electron chi connectivity index (χ0n) is 15.8. The molecule has 27 heavy (non-hydrogen) atoms. The van der Waals surface area contributed by atoms with Crippen molar-refractivity contribution in [2.45, 2.75) is 31.7 Å². The van der Waals surface area contributed by atoms with Crippen molar-refractivity contribution in [3.05, 3.63) is 72.4 Å². The molecule has 1 fully saturated rings. The molecule has 3 aromatic rings. The molecule has 0 N–H and O–H groups in total. The SMILES string of the molecule is COc1ccc2cccc(C=CCC3CCCCN3c3ccccn3)c2c1. The van der Waals surface area contributed by atoms with E-state index in [1.807, 2.05) is 18.3 Å². The van der Waals surface area contributed by atoms with Gasteiger partial charge in [-0.2, -0.15) is 0 Å². The normalized spacial score (nSPS) is 17.5. The van der Waals surface area contributed by atoms with Crippen LogP contribution in [0.1, 0.15) is 31.2 Å². The third-order valence-electron chi connectivity index (χ3n) is 5.40. The number of rotatable bonds is 5. The number of pyridine rings is 1. The standard InChI is InChI=1S/C24H26N2O/c1-27-22-15-14-20-9-6-8-19(23(20)18-22)10-7-12-21-11-3-5-17-26(21)24-13-2-4-16-25-24/h2,4,6-10,13-16,18,21H,3,5,11-12,17H2,1H3. The van der Waals surface area contributed by atoms with Crippen LogP contribution in [0.25, 0.3) is 16.8 Å². The van der Waals surface area contributed by atoms with Gasteiger partial charge in [0.2, 0.25) is 0 Å². The van der Waals surface area contributed by atoms with Crippen LogP contribution in [0.15, 0.2) is 66.9 Å². The number of fused-ring (bicyclic) bond motifs is 1. The molecule has 0 radical (unpaired) electrons. The largest absolute Gasteiger partial charge is 0.497 e. The molecule has 0 saturated carbocycles. The van der Waals surface area contributed by atoms with Gasteiger partial charge in [0.25, 0.3) is 0 Å². The zero-order chi connectivity index (χ0) is 18.5. The number of anilines is 1. The summed E-state index contributed by atoms with van der Waals surface area (Å²) >= 11 is 0. The summed E-state index contributed by atoms with van der Waals surface area (Å²) in [6.07, 6.45) is 11.3. The van der Waals surface area contributed by atoms with Gasteiger partial charge in [0.05, 0.1) is 7.11 Å². The van der Waals surface area contributed by atoms with Crippen molar-refractivity contribution in [3.8, 4) is 5.75 Å². The van der Waals surface area contributed by atoms with Crippen LogP contribution in [-0.4, -0.2) is 24.7 Å². The Balaban J connectivity index is 1.54. The van der Waals surface area contributed by atoms with E-state index >= 15 is 0 Å². The Kier molecular flexibility index (Phi) is 5.38. The molecule has 2 aromatic carbocycles. The average Bonchev–Trinajstić information content (AvgIpc) is 2.74. The molecule has 3 nitrogen and oxygen atoms in total. The predicted octanol–water partition coefficient (Wildman–Crippen LogP) is 5.71. The van der Waals surface area contributed by atoms with Crippen LogP contribution in [0.3, 0.4) is 0 Å². The van der Waals surface area contributed by atoms with E-state index in [0.29, 0.717) is 6.04 Å². The third-order valence-corrected chi connectivity index (χ3v) is 5.40. The van der Waals surface area contributed by atoms with Crippen molar-refractivity contribution >= 4 is 22.7 Å². The van der Waals surface area contributed by atoms with E-state index < -0.39 is 0 Å². The van der Waals surface area contributed by atoms with E-state index in [9.17, 15) is 0 Å². The summed E-state index contributed by atoms with van der Waals surface area (Å²) in [7, 11) is 1.72. The lowest BCUT2D eigenvalue weighted by Crippen LogP contribution is -2.39. The molecule has 0 aliphatic carbocycles. The molecule has 1 atom stereocenters. The number of nitrogens with zero attached hydrogens (tertiary/aromatic N) is 2. The lowest BCUT2D eigenvalue weighted by molar-refractivity contribution is 0.415. The highest BCUT2D eigenvalue weighted by molar-refractivity contribution is 5.91. The minimum absolute atomic E-state index is 0.523. The van der Waals surface area contributed by atoms with E-state index in [4.69, 9.17) is 4.74 Å². The maximum absolute atomic E-state index is 5.40. The van der Waals surface area contributed by atoms with Crippen molar-refractivity contribution in [1.29, 1.82) is 0 Å². The molecule has 4 rings (SSSR count). The fourth-order valence-corrected chi connectivity index (χ4v) is 3.97. The second-order valence-corrected chi connectivity index (χ2v) is 7.10. The molecule has 0 spiro atoms. The van der Waals surface area contributed by atoms with Crippen LogP contribution in [0.2, 0.25) is 0 Å². The number of piperidine rings is 1. The van der Waals surface area contributed by atoms with E-state index in [1.54, 1.807) is 7.11 Å². The number of aromatic nitrogens is 1. The summed E-state index contributed by atoms with van der Waals surface area (Å²) in [5.74, 6) is 2.00. The van der Waals surface area contributed by atoms with Crippen LogP contribution < -0.4 is 9.64 Å². The summed E-state index contributed by atoms with van der Waals surface area (Å²) in [6.45, 7) is 1.10. The molecule has 0 amide bonds. The molecule has 1 aliphatic heterocycles. The maximum atomic E-state index is 5.40. The van der Waals surface area contributed by atoms with E-state index in [0.717, 1.165) is 24.5 Å². The van der Waals surface area contributed by atoms with Crippen molar-refractivity contribution < 1.29 is 4.74 Å².